The van der Waals surface area contributed by atoms with Gasteiger partial charge in [-0.05, 0) is 11.8 Å². The van der Waals surface area contributed by atoms with E-state index in [1.807, 2.05) is 0 Å². The van der Waals surface area contributed by atoms with Crippen LogP contribution in [0.1, 0.15) is 0 Å². The van der Waals surface area contributed by atoms with Crippen molar-refractivity contribution in [3.63, 3.8) is 0 Å². The van der Waals surface area contributed by atoms with Gasteiger partial charge in [0.2, 0.25) is 0 Å². The van der Waals surface area contributed by atoms with E-state index in [4.69, 9.17) is 4.74 Å². The molecule has 6 aliphatic rings. The van der Waals surface area contributed by atoms with Gasteiger partial charge in [0.05, 0.1) is 5.92 Å². The van der Waals surface area contributed by atoms with Gasteiger partial charge >= 0.3 is 5.97 Å². The highest BCUT2D eigenvalue weighted by Gasteiger charge is 2.62. The molecule has 0 aromatic heterocycles. The number of ether oxygens (including phenoxy) is 1. The molecule has 3 aliphatic carbocycles. The van der Waals surface area contributed by atoms with Gasteiger partial charge in [-0.3, -0.25) is 4.79 Å². The predicted octanol–water partition coefficient (Wildman–Crippen LogP) is 1.15. The molecule has 0 aromatic rings. The van der Waals surface area contributed by atoms with Crippen LogP contribution in [-0.2, 0) is 9.53 Å². The SMILES string of the molecule is O=C1O[C@H]2[C@H]3C=C[C@H]1[C@@H]1C=C[C@@H]2[C@@H]31. The van der Waals surface area contributed by atoms with Crippen LogP contribution >= 0.6 is 0 Å². The predicted molar refractivity (Wildman–Crippen MR) is 45.6 cm³/mol. The molecule has 3 fully saturated rings. The Labute approximate surface area is 76.3 Å². The normalized spacial score (nSPS) is 58.9. The van der Waals surface area contributed by atoms with Crippen LogP contribution in [0.4, 0.5) is 0 Å². The third-order valence-electron chi connectivity index (χ3n) is 4.13. The van der Waals surface area contributed by atoms with E-state index in [0.29, 0.717) is 23.7 Å². The van der Waals surface area contributed by atoms with Gasteiger partial charge in [-0.1, -0.05) is 24.3 Å². The van der Waals surface area contributed by atoms with Crippen LogP contribution in [0.25, 0.3) is 0 Å². The van der Waals surface area contributed by atoms with Crippen molar-refractivity contribution >= 4 is 5.97 Å². The van der Waals surface area contributed by atoms with Crippen molar-refractivity contribution in [2.24, 2.45) is 29.6 Å². The molecule has 0 aromatic carbocycles. The van der Waals surface area contributed by atoms with E-state index >= 15 is 0 Å². The number of carbonyl (C=O) groups is 1. The number of allylic oxidation sites excluding steroid dienone is 1. The van der Waals surface area contributed by atoms with Crippen LogP contribution in [0.3, 0.4) is 0 Å². The Bertz CT molecular complexity index is 355. The molecule has 0 spiro atoms. The van der Waals surface area contributed by atoms with Gasteiger partial charge in [0.1, 0.15) is 6.10 Å². The lowest BCUT2D eigenvalue weighted by atomic mass is 9.57. The maximum absolute atomic E-state index is 11.6. The molecule has 6 rings (SSSR count). The first-order valence-electron chi connectivity index (χ1n) is 4.93. The van der Waals surface area contributed by atoms with E-state index in [1.54, 1.807) is 0 Å². The first-order valence-corrected chi connectivity index (χ1v) is 4.93. The number of hydrogen-bond acceptors (Lipinski definition) is 2. The van der Waals surface area contributed by atoms with Gasteiger partial charge in [-0.15, -0.1) is 0 Å². The van der Waals surface area contributed by atoms with Crippen LogP contribution in [-0.4, -0.2) is 12.1 Å². The Hall–Kier alpha value is -1.05. The summed E-state index contributed by atoms with van der Waals surface area (Å²) in [5, 5.41) is 0. The summed E-state index contributed by atoms with van der Waals surface area (Å²) < 4.78 is 5.45. The molecule has 0 radical (unpaired) electrons. The second-order valence-corrected chi connectivity index (χ2v) is 4.51. The molecular formula is C11H10O2. The molecule has 66 valence electrons. The quantitative estimate of drug-likeness (QED) is 0.406. The summed E-state index contributed by atoms with van der Waals surface area (Å²) in [5.41, 5.74) is 0. The van der Waals surface area contributed by atoms with E-state index in [-0.39, 0.29) is 18.0 Å². The van der Waals surface area contributed by atoms with E-state index < -0.39 is 0 Å². The van der Waals surface area contributed by atoms with Gasteiger partial charge in [0.25, 0.3) is 0 Å². The summed E-state index contributed by atoms with van der Waals surface area (Å²) in [6.07, 6.45) is 8.91. The van der Waals surface area contributed by atoms with Crippen molar-refractivity contribution in [3.05, 3.63) is 24.3 Å². The summed E-state index contributed by atoms with van der Waals surface area (Å²) in [5.74, 6) is 2.22. The number of carbonyl (C=O) groups excluding carboxylic acids is 1. The topological polar surface area (TPSA) is 26.3 Å². The highest BCUT2D eigenvalue weighted by Crippen LogP contribution is 2.59. The standard InChI is InChI=1S/C11H10O2/c12-11-6-2-4-8-9-5(6)1-3-7(9)10(8)13-11/h1-10H/t5-,6-,7+,8-,9-,10+/m0/s1. The highest BCUT2D eigenvalue weighted by atomic mass is 16.5. The summed E-state index contributed by atoms with van der Waals surface area (Å²) in [6.45, 7) is 0. The Morgan fingerprint density at radius 2 is 1.69 bits per heavy atom. The van der Waals surface area contributed by atoms with Gasteiger partial charge in [0, 0.05) is 11.8 Å². The Kier molecular flexibility index (Phi) is 0.859. The van der Waals surface area contributed by atoms with Gasteiger partial charge in [0.15, 0.2) is 0 Å². The minimum Gasteiger partial charge on any atom is -0.461 e. The molecular weight excluding hydrogens is 164 g/mol. The largest absolute Gasteiger partial charge is 0.461 e. The maximum Gasteiger partial charge on any atom is 0.313 e. The number of esters is 1. The summed E-state index contributed by atoms with van der Waals surface area (Å²) in [6, 6.07) is 0. The minimum atomic E-state index is 0.00287. The number of rotatable bonds is 0. The maximum atomic E-state index is 11.6. The van der Waals surface area contributed by atoms with Gasteiger partial charge in [-0.25, -0.2) is 0 Å². The minimum absolute atomic E-state index is 0.00287. The van der Waals surface area contributed by atoms with Gasteiger partial charge in [-0.2, -0.15) is 0 Å². The van der Waals surface area contributed by atoms with Crippen LogP contribution < -0.4 is 0 Å². The molecule has 2 heteroatoms. The molecule has 13 heavy (non-hydrogen) atoms. The molecule has 6 atom stereocenters. The van der Waals surface area contributed by atoms with Crippen molar-refractivity contribution in [2.75, 3.05) is 0 Å². The Morgan fingerprint density at radius 1 is 1.00 bits per heavy atom. The highest BCUT2D eigenvalue weighted by molar-refractivity contribution is 5.77. The summed E-state index contributed by atoms with van der Waals surface area (Å²) in [7, 11) is 0. The molecule has 2 nitrogen and oxygen atoms in total. The average Bonchev–Trinajstić information content (AvgIpc) is 2.38. The molecule has 1 saturated carbocycles. The first-order chi connectivity index (χ1) is 6.36. The average molecular weight is 174 g/mol. The lowest BCUT2D eigenvalue weighted by molar-refractivity contribution is -0.159. The van der Waals surface area contributed by atoms with E-state index in [0.717, 1.165) is 0 Å². The van der Waals surface area contributed by atoms with E-state index in [9.17, 15) is 4.79 Å². The van der Waals surface area contributed by atoms with E-state index in [2.05, 4.69) is 24.3 Å². The van der Waals surface area contributed by atoms with Gasteiger partial charge < -0.3 is 4.74 Å². The van der Waals surface area contributed by atoms with Crippen molar-refractivity contribution in [1.82, 2.24) is 0 Å². The third-order valence-corrected chi connectivity index (χ3v) is 4.13. The number of hydrogen-bond donors (Lipinski definition) is 0. The zero-order valence-corrected chi connectivity index (χ0v) is 7.09. The molecule has 6 bridgehead atoms. The van der Waals surface area contributed by atoms with E-state index in [1.165, 1.54) is 0 Å². The van der Waals surface area contributed by atoms with Crippen LogP contribution in [0.2, 0.25) is 0 Å². The smallest absolute Gasteiger partial charge is 0.313 e. The fourth-order valence-corrected chi connectivity index (χ4v) is 3.52. The first kappa shape index (κ1) is 6.41. The molecule has 3 aliphatic heterocycles. The molecule has 0 amide bonds. The summed E-state index contributed by atoms with van der Waals surface area (Å²) >= 11 is 0. The van der Waals surface area contributed by atoms with Crippen molar-refractivity contribution < 1.29 is 9.53 Å². The zero-order chi connectivity index (χ0) is 8.58. The fraction of sp³-hybridized carbons (Fsp3) is 0.545. The molecule has 0 unspecified atom stereocenters. The monoisotopic (exact) mass is 174 g/mol. The Morgan fingerprint density at radius 3 is 2.54 bits per heavy atom. The zero-order valence-electron chi connectivity index (χ0n) is 7.09. The second kappa shape index (κ2) is 1.74. The molecule has 3 heterocycles. The third kappa shape index (κ3) is 0.523. The Balaban J connectivity index is 1.96. The van der Waals surface area contributed by atoms with Crippen molar-refractivity contribution in [3.8, 4) is 0 Å². The molecule has 0 N–H and O–H groups in total. The fourth-order valence-electron chi connectivity index (χ4n) is 3.52. The molecule has 2 saturated heterocycles. The van der Waals surface area contributed by atoms with Crippen molar-refractivity contribution in [1.29, 1.82) is 0 Å². The summed E-state index contributed by atoms with van der Waals surface area (Å²) in [4.78, 5) is 11.6. The van der Waals surface area contributed by atoms with Crippen LogP contribution in [0.15, 0.2) is 24.3 Å². The second-order valence-electron chi connectivity index (χ2n) is 4.51. The van der Waals surface area contributed by atoms with Crippen LogP contribution in [0.5, 0.6) is 0 Å². The lowest BCUT2D eigenvalue weighted by Gasteiger charge is -2.47. The van der Waals surface area contributed by atoms with Crippen LogP contribution in [0, 0.1) is 29.6 Å². The lowest BCUT2D eigenvalue weighted by Crippen LogP contribution is -2.50. The van der Waals surface area contributed by atoms with Crippen molar-refractivity contribution in [2.45, 2.75) is 6.10 Å².